The molecule has 1 aromatic carbocycles. The molecule has 0 unspecified atom stereocenters. The van der Waals surface area contributed by atoms with E-state index >= 15 is 0 Å². The number of carbonyl (C=O) groups is 1. The van der Waals surface area contributed by atoms with Gasteiger partial charge in [0.1, 0.15) is 17.3 Å². The quantitative estimate of drug-likeness (QED) is 0.509. The van der Waals surface area contributed by atoms with E-state index in [4.69, 9.17) is 9.47 Å². The number of hydrogen-bond acceptors (Lipinski definition) is 6. The normalized spacial score (nSPS) is 14.2. The largest absolute Gasteiger partial charge is 0.497 e. The standard InChI is InChI=1S/C20H28N4O3S/c1-26-15-10-11-17(27-2)16(13-15)19(25)21-12-6-9-18-22-23-20(28-3)24(18)14-7-4-5-8-14/h10-11,13-14H,4-9,12H2,1-3H3,(H,21,25). The minimum atomic E-state index is -0.169. The van der Waals surface area contributed by atoms with Crippen molar-refractivity contribution in [3.63, 3.8) is 0 Å². The molecule has 1 aliphatic rings. The second kappa shape index (κ2) is 9.82. The first-order valence-electron chi connectivity index (χ1n) is 9.66. The number of benzene rings is 1. The lowest BCUT2D eigenvalue weighted by Gasteiger charge is -2.16. The predicted molar refractivity (Wildman–Crippen MR) is 110 cm³/mol. The fourth-order valence-corrected chi connectivity index (χ4v) is 4.26. The summed E-state index contributed by atoms with van der Waals surface area (Å²) in [5, 5.41) is 12.7. The van der Waals surface area contributed by atoms with Crippen molar-refractivity contribution in [2.75, 3.05) is 27.0 Å². The molecule has 1 fully saturated rings. The average molecular weight is 405 g/mol. The van der Waals surface area contributed by atoms with Crippen molar-refractivity contribution in [1.82, 2.24) is 20.1 Å². The third-order valence-electron chi connectivity index (χ3n) is 5.12. The molecular weight excluding hydrogens is 376 g/mol. The van der Waals surface area contributed by atoms with Crippen LogP contribution in [0.2, 0.25) is 0 Å². The number of nitrogens with zero attached hydrogens (tertiary/aromatic N) is 3. The van der Waals surface area contributed by atoms with Crippen LogP contribution in [0.3, 0.4) is 0 Å². The zero-order valence-electron chi connectivity index (χ0n) is 16.7. The number of aromatic nitrogens is 3. The maximum Gasteiger partial charge on any atom is 0.255 e. The van der Waals surface area contributed by atoms with Gasteiger partial charge in [-0.15, -0.1) is 10.2 Å². The Hall–Kier alpha value is -2.22. The van der Waals surface area contributed by atoms with Gasteiger partial charge in [0.25, 0.3) is 5.91 Å². The van der Waals surface area contributed by atoms with Crippen LogP contribution in [0.5, 0.6) is 11.5 Å². The molecule has 0 spiro atoms. The van der Waals surface area contributed by atoms with Crippen molar-refractivity contribution in [3.8, 4) is 11.5 Å². The van der Waals surface area contributed by atoms with E-state index in [0.717, 1.165) is 23.8 Å². The van der Waals surface area contributed by atoms with Crippen molar-refractivity contribution < 1.29 is 14.3 Å². The van der Waals surface area contributed by atoms with Crippen LogP contribution in [0.15, 0.2) is 23.4 Å². The van der Waals surface area contributed by atoms with Crippen LogP contribution in [0.25, 0.3) is 0 Å². The lowest BCUT2D eigenvalue weighted by molar-refractivity contribution is 0.0949. The number of aryl methyl sites for hydroxylation is 1. The molecule has 1 aliphatic carbocycles. The first-order chi connectivity index (χ1) is 13.7. The van der Waals surface area contributed by atoms with Gasteiger partial charge in [-0.25, -0.2) is 0 Å². The molecule has 3 rings (SSSR count). The van der Waals surface area contributed by atoms with Gasteiger partial charge in [0.2, 0.25) is 0 Å². The molecule has 2 aromatic rings. The van der Waals surface area contributed by atoms with Gasteiger partial charge in [-0.05, 0) is 43.7 Å². The highest BCUT2D eigenvalue weighted by Crippen LogP contribution is 2.33. The molecule has 28 heavy (non-hydrogen) atoms. The zero-order valence-corrected chi connectivity index (χ0v) is 17.6. The topological polar surface area (TPSA) is 78.3 Å². The van der Waals surface area contributed by atoms with Crippen LogP contribution in [0.4, 0.5) is 0 Å². The highest BCUT2D eigenvalue weighted by molar-refractivity contribution is 7.98. The van der Waals surface area contributed by atoms with Gasteiger partial charge in [0, 0.05) is 19.0 Å². The van der Waals surface area contributed by atoms with Crippen LogP contribution >= 0.6 is 11.8 Å². The summed E-state index contributed by atoms with van der Waals surface area (Å²) in [5.41, 5.74) is 0.473. The van der Waals surface area contributed by atoms with Gasteiger partial charge >= 0.3 is 0 Å². The zero-order chi connectivity index (χ0) is 19.9. The van der Waals surface area contributed by atoms with Crippen molar-refractivity contribution in [3.05, 3.63) is 29.6 Å². The summed E-state index contributed by atoms with van der Waals surface area (Å²) in [6, 6.07) is 5.72. The van der Waals surface area contributed by atoms with Crippen LogP contribution in [-0.2, 0) is 6.42 Å². The monoisotopic (exact) mass is 404 g/mol. The van der Waals surface area contributed by atoms with Crippen molar-refractivity contribution in [1.29, 1.82) is 0 Å². The van der Waals surface area contributed by atoms with Crippen LogP contribution in [0.1, 0.15) is 54.3 Å². The third kappa shape index (κ3) is 4.60. The molecule has 8 heteroatoms. The van der Waals surface area contributed by atoms with E-state index in [1.807, 2.05) is 6.26 Å². The summed E-state index contributed by atoms with van der Waals surface area (Å²) < 4.78 is 12.8. The molecule has 7 nitrogen and oxygen atoms in total. The molecule has 0 atom stereocenters. The number of nitrogens with one attached hydrogen (secondary N) is 1. The SMILES string of the molecule is COc1ccc(OC)c(C(=O)NCCCc2nnc(SC)n2C2CCCC2)c1. The van der Waals surface area contributed by atoms with Crippen LogP contribution in [0, 0.1) is 0 Å². The van der Waals surface area contributed by atoms with Gasteiger partial charge in [-0.3, -0.25) is 4.79 Å². The Kier molecular flexibility index (Phi) is 7.19. The summed E-state index contributed by atoms with van der Waals surface area (Å²) in [4.78, 5) is 12.5. The molecule has 1 heterocycles. The highest BCUT2D eigenvalue weighted by atomic mass is 32.2. The van der Waals surface area contributed by atoms with Gasteiger partial charge in [0.05, 0.1) is 19.8 Å². The molecule has 0 bridgehead atoms. The first kappa shape index (κ1) is 20.5. The second-order valence-electron chi connectivity index (χ2n) is 6.84. The smallest absolute Gasteiger partial charge is 0.255 e. The van der Waals surface area contributed by atoms with E-state index in [1.165, 1.54) is 25.7 Å². The van der Waals surface area contributed by atoms with E-state index in [0.29, 0.717) is 29.6 Å². The van der Waals surface area contributed by atoms with Crippen LogP contribution < -0.4 is 14.8 Å². The summed E-state index contributed by atoms with van der Waals surface area (Å²) in [6.07, 6.45) is 8.58. The average Bonchev–Trinajstić information content (AvgIpc) is 3.39. The first-order valence-corrected chi connectivity index (χ1v) is 10.9. The highest BCUT2D eigenvalue weighted by Gasteiger charge is 2.23. The summed E-state index contributed by atoms with van der Waals surface area (Å²) in [5.74, 6) is 2.01. The number of hydrogen-bond donors (Lipinski definition) is 1. The van der Waals surface area contributed by atoms with E-state index in [2.05, 4.69) is 20.1 Å². The Morgan fingerprint density at radius 3 is 2.71 bits per heavy atom. The minimum absolute atomic E-state index is 0.169. The van der Waals surface area contributed by atoms with Gasteiger partial charge < -0.3 is 19.4 Å². The molecule has 0 saturated heterocycles. The molecule has 152 valence electrons. The number of carbonyl (C=O) groups excluding carboxylic acids is 1. The van der Waals surface area contributed by atoms with Crippen LogP contribution in [-0.4, -0.2) is 47.7 Å². The fraction of sp³-hybridized carbons (Fsp3) is 0.550. The predicted octanol–water partition coefficient (Wildman–Crippen LogP) is 3.49. The molecule has 0 aliphatic heterocycles. The molecular formula is C20H28N4O3S. The van der Waals surface area contributed by atoms with Crippen molar-refractivity contribution in [2.45, 2.75) is 49.7 Å². The second-order valence-corrected chi connectivity index (χ2v) is 7.61. The lowest BCUT2D eigenvalue weighted by atomic mass is 10.1. The van der Waals surface area contributed by atoms with E-state index in [1.54, 1.807) is 44.2 Å². The Labute approximate surface area is 170 Å². The maximum absolute atomic E-state index is 12.5. The molecule has 1 amide bonds. The Bertz CT molecular complexity index is 803. The summed E-state index contributed by atoms with van der Waals surface area (Å²) >= 11 is 1.65. The number of thioether (sulfide) groups is 1. The van der Waals surface area contributed by atoms with E-state index in [-0.39, 0.29) is 5.91 Å². The van der Waals surface area contributed by atoms with Gasteiger partial charge in [-0.1, -0.05) is 24.6 Å². The molecule has 1 saturated carbocycles. The van der Waals surface area contributed by atoms with Gasteiger partial charge in [-0.2, -0.15) is 0 Å². The number of rotatable bonds is 9. The number of amides is 1. The lowest BCUT2D eigenvalue weighted by Crippen LogP contribution is -2.25. The summed E-state index contributed by atoms with van der Waals surface area (Å²) in [7, 11) is 3.13. The van der Waals surface area contributed by atoms with E-state index in [9.17, 15) is 4.79 Å². The minimum Gasteiger partial charge on any atom is -0.497 e. The molecule has 1 aromatic heterocycles. The maximum atomic E-state index is 12.5. The third-order valence-corrected chi connectivity index (χ3v) is 5.77. The molecule has 0 radical (unpaired) electrons. The number of ether oxygens (including phenoxy) is 2. The Balaban J connectivity index is 1.58. The summed E-state index contributed by atoms with van der Waals surface area (Å²) in [6.45, 7) is 0.561. The van der Waals surface area contributed by atoms with Crippen molar-refractivity contribution in [2.24, 2.45) is 0 Å². The van der Waals surface area contributed by atoms with Gasteiger partial charge in [0.15, 0.2) is 5.16 Å². The Morgan fingerprint density at radius 1 is 1.25 bits per heavy atom. The van der Waals surface area contributed by atoms with Crippen molar-refractivity contribution >= 4 is 17.7 Å². The molecule has 1 N–H and O–H groups in total. The fourth-order valence-electron chi connectivity index (χ4n) is 3.68. The number of methoxy groups -OCH3 is 2. The van der Waals surface area contributed by atoms with E-state index < -0.39 is 0 Å². The Morgan fingerprint density at radius 2 is 2.04 bits per heavy atom.